The number of carbonyl (C=O) groups excluding carboxylic acids is 2. The number of amides is 1. The van der Waals surface area contributed by atoms with Gasteiger partial charge < -0.3 is 20.1 Å². The van der Waals surface area contributed by atoms with E-state index in [9.17, 15) is 9.59 Å². The van der Waals surface area contributed by atoms with Crippen LogP contribution < -0.4 is 15.4 Å². The standard InChI is InChI=1S/C22H25ClN2O4S/c1-28-19-13-12-17(15-18(19)23)24-22(30)25-20(26)10-5-11-21(27)29-14-6-9-16-7-3-2-4-8-16/h2-4,7-8,12-13,15H,5-6,9-11,14H2,1H3,(H2,24,25,26,30). The average molecular weight is 449 g/mol. The Balaban J connectivity index is 1.58. The number of methoxy groups -OCH3 is 1. The number of benzene rings is 2. The first kappa shape index (κ1) is 23.6. The fourth-order valence-electron chi connectivity index (χ4n) is 2.67. The van der Waals surface area contributed by atoms with Gasteiger partial charge in [-0.2, -0.15) is 0 Å². The van der Waals surface area contributed by atoms with Crippen LogP contribution in [0.2, 0.25) is 5.02 Å². The molecule has 0 atom stereocenters. The Bertz CT molecular complexity index is 861. The zero-order valence-corrected chi connectivity index (χ0v) is 18.4. The molecule has 0 spiro atoms. The molecule has 0 heterocycles. The number of hydrogen-bond acceptors (Lipinski definition) is 5. The Morgan fingerprint density at radius 3 is 2.53 bits per heavy atom. The summed E-state index contributed by atoms with van der Waals surface area (Å²) in [6, 6.07) is 15.1. The van der Waals surface area contributed by atoms with Gasteiger partial charge in [-0.15, -0.1) is 0 Å². The topological polar surface area (TPSA) is 76.7 Å². The van der Waals surface area contributed by atoms with Gasteiger partial charge in [0.1, 0.15) is 5.75 Å². The normalized spacial score (nSPS) is 10.2. The van der Waals surface area contributed by atoms with E-state index in [0.717, 1.165) is 12.8 Å². The Kier molecular flexibility index (Phi) is 10.1. The Labute approximate surface area is 186 Å². The summed E-state index contributed by atoms with van der Waals surface area (Å²) in [4.78, 5) is 23.7. The number of thiocarbonyl (C=S) groups is 1. The molecule has 0 unspecified atom stereocenters. The number of rotatable bonds is 10. The molecule has 0 aromatic heterocycles. The van der Waals surface area contributed by atoms with E-state index in [2.05, 4.69) is 10.6 Å². The van der Waals surface area contributed by atoms with Gasteiger partial charge in [0.2, 0.25) is 5.91 Å². The highest BCUT2D eigenvalue weighted by Gasteiger charge is 2.09. The molecule has 2 rings (SSSR count). The van der Waals surface area contributed by atoms with Gasteiger partial charge >= 0.3 is 5.97 Å². The minimum absolute atomic E-state index is 0.157. The average Bonchev–Trinajstić information content (AvgIpc) is 2.72. The second kappa shape index (κ2) is 12.8. The fraction of sp³-hybridized carbons (Fsp3) is 0.318. The fourth-order valence-corrected chi connectivity index (χ4v) is 3.16. The molecule has 6 nitrogen and oxygen atoms in total. The van der Waals surface area contributed by atoms with Crippen molar-refractivity contribution in [1.82, 2.24) is 5.32 Å². The van der Waals surface area contributed by atoms with Crippen molar-refractivity contribution in [2.24, 2.45) is 0 Å². The number of hydrogen-bond donors (Lipinski definition) is 2. The van der Waals surface area contributed by atoms with Crippen LogP contribution >= 0.6 is 23.8 Å². The smallest absolute Gasteiger partial charge is 0.305 e. The summed E-state index contributed by atoms with van der Waals surface area (Å²) in [5.74, 6) is -0.0300. The summed E-state index contributed by atoms with van der Waals surface area (Å²) in [5, 5.41) is 6.04. The van der Waals surface area contributed by atoms with Crippen LogP contribution in [0.1, 0.15) is 31.2 Å². The molecule has 0 aliphatic carbocycles. The lowest BCUT2D eigenvalue weighted by Gasteiger charge is -2.11. The lowest BCUT2D eigenvalue weighted by molar-refractivity contribution is -0.143. The quantitative estimate of drug-likeness (QED) is 0.316. The van der Waals surface area contributed by atoms with Crippen LogP contribution in [0.3, 0.4) is 0 Å². The van der Waals surface area contributed by atoms with Crippen LogP contribution in [0.25, 0.3) is 0 Å². The van der Waals surface area contributed by atoms with E-state index < -0.39 is 0 Å². The van der Waals surface area contributed by atoms with Crippen molar-refractivity contribution in [1.29, 1.82) is 0 Å². The molecule has 0 saturated carbocycles. The molecule has 2 N–H and O–H groups in total. The summed E-state index contributed by atoms with van der Waals surface area (Å²) in [7, 11) is 1.53. The summed E-state index contributed by atoms with van der Waals surface area (Å²) >= 11 is 11.2. The first-order valence-corrected chi connectivity index (χ1v) is 10.4. The first-order chi connectivity index (χ1) is 14.5. The Morgan fingerprint density at radius 2 is 1.83 bits per heavy atom. The van der Waals surface area contributed by atoms with Gasteiger partial charge in [-0.3, -0.25) is 9.59 Å². The largest absolute Gasteiger partial charge is 0.495 e. The van der Waals surface area contributed by atoms with Crippen molar-refractivity contribution >= 4 is 46.5 Å². The second-order valence-corrected chi connectivity index (χ2v) is 7.33. The molecule has 2 aromatic carbocycles. The third kappa shape index (κ3) is 8.80. The maximum absolute atomic E-state index is 12.0. The Morgan fingerprint density at radius 1 is 1.07 bits per heavy atom. The number of halogens is 1. The molecule has 2 aromatic rings. The highest BCUT2D eigenvalue weighted by atomic mass is 35.5. The van der Waals surface area contributed by atoms with Gasteiger partial charge in [-0.1, -0.05) is 41.9 Å². The molecule has 1 amide bonds. The van der Waals surface area contributed by atoms with Crippen LogP contribution in [0, 0.1) is 0 Å². The highest BCUT2D eigenvalue weighted by molar-refractivity contribution is 7.80. The molecule has 0 aliphatic heterocycles. The van der Waals surface area contributed by atoms with Crippen LogP contribution in [0.4, 0.5) is 5.69 Å². The monoisotopic (exact) mass is 448 g/mol. The molecule has 0 radical (unpaired) electrons. The first-order valence-electron chi connectivity index (χ1n) is 9.62. The predicted molar refractivity (Wildman–Crippen MR) is 122 cm³/mol. The highest BCUT2D eigenvalue weighted by Crippen LogP contribution is 2.27. The van der Waals surface area contributed by atoms with Gasteiger partial charge in [0.05, 0.1) is 18.7 Å². The summed E-state index contributed by atoms with van der Waals surface area (Å²) < 4.78 is 10.3. The zero-order valence-electron chi connectivity index (χ0n) is 16.8. The molecule has 160 valence electrons. The minimum atomic E-state index is -0.301. The number of nitrogens with one attached hydrogen (secondary N) is 2. The summed E-state index contributed by atoms with van der Waals surface area (Å²) in [6.07, 6.45) is 2.38. The molecule has 0 bridgehead atoms. The SMILES string of the molecule is COc1ccc(NC(=S)NC(=O)CCCC(=O)OCCCc2ccccc2)cc1Cl. The Hall–Kier alpha value is -2.64. The van der Waals surface area contributed by atoms with Crippen LogP contribution in [-0.2, 0) is 20.7 Å². The number of aryl methyl sites for hydroxylation is 1. The maximum Gasteiger partial charge on any atom is 0.305 e. The van der Waals surface area contributed by atoms with Crippen molar-refractivity contribution in [2.45, 2.75) is 32.1 Å². The zero-order chi connectivity index (χ0) is 21.8. The molecule has 0 aliphatic rings. The maximum atomic E-state index is 12.0. The van der Waals surface area contributed by atoms with E-state index in [0.29, 0.717) is 29.5 Å². The van der Waals surface area contributed by atoms with Gasteiger partial charge in [0.25, 0.3) is 0 Å². The van der Waals surface area contributed by atoms with Crippen molar-refractivity contribution in [3.8, 4) is 5.75 Å². The molecule has 0 fully saturated rings. The van der Waals surface area contributed by atoms with Crippen LogP contribution in [0.5, 0.6) is 5.75 Å². The van der Waals surface area contributed by atoms with Gasteiger partial charge in [-0.25, -0.2) is 0 Å². The number of esters is 1. The molecule has 8 heteroatoms. The van der Waals surface area contributed by atoms with Crippen molar-refractivity contribution in [3.05, 3.63) is 59.1 Å². The number of carbonyl (C=O) groups is 2. The van der Waals surface area contributed by atoms with E-state index in [1.54, 1.807) is 18.2 Å². The van der Waals surface area contributed by atoms with Gasteiger partial charge in [-0.05, 0) is 55.2 Å². The lowest BCUT2D eigenvalue weighted by Crippen LogP contribution is -2.34. The lowest BCUT2D eigenvalue weighted by atomic mass is 10.1. The molecular formula is C22H25ClN2O4S. The second-order valence-electron chi connectivity index (χ2n) is 6.51. The third-order valence-corrected chi connectivity index (χ3v) is 4.66. The van der Waals surface area contributed by atoms with E-state index in [4.69, 9.17) is 33.3 Å². The minimum Gasteiger partial charge on any atom is -0.495 e. The van der Waals surface area contributed by atoms with Crippen molar-refractivity contribution < 1.29 is 19.1 Å². The van der Waals surface area contributed by atoms with Crippen LogP contribution in [0.15, 0.2) is 48.5 Å². The van der Waals surface area contributed by atoms with Crippen LogP contribution in [-0.4, -0.2) is 30.7 Å². The summed E-state index contributed by atoms with van der Waals surface area (Å²) in [6.45, 7) is 0.373. The third-order valence-electron chi connectivity index (χ3n) is 4.16. The molecular weight excluding hydrogens is 424 g/mol. The number of ether oxygens (including phenoxy) is 2. The van der Waals surface area contributed by atoms with E-state index in [-0.39, 0.29) is 29.8 Å². The van der Waals surface area contributed by atoms with E-state index >= 15 is 0 Å². The molecule has 0 saturated heterocycles. The van der Waals surface area contributed by atoms with Gasteiger partial charge in [0.15, 0.2) is 5.11 Å². The van der Waals surface area contributed by atoms with Crippen molar-refractivity contribution in [3.63, 3.8) is 0 Å². The summed E-state index contributed by atoms with van der Waals surface area (Å²) in [5.41, 5.74) is 1.84. The van der Waals surface area contributed by atoms with E-state index in [1.807, 2.05) is 30.3 Å². The van der Waals surface area contributed by atoms with Crippen molar-refractivity contribution in [2.75, 3.05) is 19.0 Å². The number of anilines is 1. The molecule has 30 heavy (non-hydrogen) atoms. The van der Waals surface area contributed by atoms with Gasteiger partial charge in [0, 0.05) is 18.5 Å². The van der Waals surface area contributed by atoms with E-state index in [1.165, 1.54) is 12.7 Å². The predicted octanol–water partition coefficient (Wildman–Crippen LogP) is 4.51.